The third-order valence-corrected chi connectivity index (χ3v) is 8.06. The Kier molecular flexibility index (Phi) is 3.66. The molecule has 1 aliphatic rings. The Morgan fingerprint density at radius 3 is 2.74 bits per heavy atom. The number of hydrogen-bond acceptors (Lipinski definition) is 4. The van der Waals surface area contributed by atoms with Gasteiger partial charge >= 0.3 is 0 Å². The first-order valence-electron chi connectivity index (χ1n) is 6.12. The number of nitrogens with zero attached hydrogens (tertiary/aromatic N) is 2. The van der Waals surface area contributed by atoms with E-state index in [0.29, 0.717) is 6.42 Å². The van der Waals surface area contributed by atoms with Crippen LogP contribution in [0, 0.1) is 11.3 Å². The summed E-state index contributed by atoms with van der Waals surface area (Å²) < 4.78 is 2.23. The smallest absolute Gasteiger partial charge is 0.135 e. The minimum Gasteiger partial charge on any atom is -0.348 e. The fourth-order valence-electron chi connectivity index (χ4n) is 2.44. The Labute approximate surface area is 125 Å². The van der Waals surface area contributed by atoms with Crippen LogP contribution in [0.3, 0.4) is 0 Å². The van der Waals surface area contributed by atoms with Crippen molar-refractivity contribution in [1.29, 1.82) is 5.26 Å². The minimum absolute atomic E-state index is 0.0244. The van der Waals surface area contributed by atoms with Gasteiger partial charge < -0.3 is 4.57 Å². The lowest BCUT2D eigenvalue weighted by Gasteiger charge is -2.27. The van der Waals surface area contributed by atoms with Gasteiger partial charge in [-0.25, -0.2) is 0 Å². The van der Waals surface area contributed by atoms with Crippen molar-refractivity contribution in [3.63, 3.8) is 0 Å². The molecule has 0 amide bonds. The van der Waals surface area contributed by atoms with Gasteiger partial charge in [-0.15, -0.1) is 34.9 Å². The fraction of sp³-hybridized carbons (Fsp3) is 0.357. The van der Waals surface area contributed by atoms with Gasteiger partial charge in [-0.05, 0) is 23.6 Å². The van der Waals surface area contributed by atoms with Gasteiger partial charge in [0.25, 0.3) is 0 Å². The number of aromatic nitrogens is 1. The SMILES string of the molecule is Cn1c(CC#N)ccc1C1(c2cccs2)SCCS1. The topological polar surface area (TPSA) is 28.7 Å². The van der Waals surface area contributed by atoms with Crippen LogP contribution in [0.2, 0.25) is 0 Å². The van der Waals surface area contributed by atoms with Crippen LogP contribution in [-0.4, -0.2) is 16.1 Å². The van der Waals surface area contributed by atoms with E-state index in [1.165, 1.54) is 22.1 Å². The molecule has 0 aliphatic carbocycles. The van der Waals surface area contributed by atoms with Gasteiger partial charge in [0.2, 0.25) is 0 Å². The normalized spacial score (nSPS) is 17.5. The average Bonchev–Trinajstić information content (AvgIpc) is 3.11. The number of hydrogen-bond donors (Lipinski definition) is 0. The molecule has 0 radical (unpaired) electrons. The summed E-state index contributed by atoms with van der Waals surface area (Å²) >= 11 is 5.86. The molecule has 2 aromatic rings. The molecule has 0 bridgehead atoms. The minimum atomic E-state index is 0.0244. The Bertz CT molecular complexity index is 601. The van der Waals surface area contributed by atoms with Crippen molar-refractivity contribution >= 4 is 34.9 Å². The lowest BCUT2D eigenvalue weighted by molar-refractivity contribution is 0.788. The quantitative estimate of drug-likeness (QED) is 0.863. The second-order valence-corrected chi connectivity index (χ2v) is 8.22. The second-order valence-electron chi connectivity index (χ2n) is 4.39. The van der Waals surface area contributed by atoms with E-state index >= 15 is 0 Å². The zero-order valence-electron chi connectivity index (χ0n) is 10.6. The third kappa shape index (κ3) is 2.12. The summed E-state index contributed by atoms with van der Waals surface area (Å²) in [5.74, 6) is 2.36. The largest absolute Gasteiger partial charge is 0.348 e. The van der Waals surface area contributed by atoms with Gasteiger partial charge in [0.15, 0.2) is 0 Å². The van der Waals surface area contributed by atoms with E-state index < -0.39 is 0 Å². The van der Waals surface area contributed by atoms with Crippen molar-refractivity contribution in [3.05, 3.63) is 45.9 Å². The van der Waals surface area contributed by atoms with Crippen molar-refractivity contribution in [3.8, 4) is 6.07 Å². The number of rotatable bonds is 3. The maximum absolute atomic E-state index is 8.90. The fourth-order valence-corrected chi connectivity index (χ4v) is 7.00. The van der Waals surface area contributed by atoms with E-state index in [2.05, 4.69) is 47.3 Å². The second kappa shape index (κ2) is 5.28. The molecule has 3 rings (SSSR count). The molecule has 0 aromatic carbocycles. The first-order chi connectivity index (χ1) is 9.28. The van der Waals surface area contributed by atoms with Crippen LogP contribution in [0.15, 0.2) is 29.6 Å². The van der Waals surface area contributed by atoms with E-state index in [-0.39, 0.29) is 4.08 Å². The van der Waals surface area contributed by atoms with E-state index in [0.717, 1.165) is 5.69 Å². The van der Waals surface area contributed by atoms with Crippen molar-refractivity contribution in [2.24, 2.45) is 7.05 Å². The van der Waals surface area contributed by atoms with Crippen LogP contribution in [0.25, 0.3) is 0 Å². The molecule has 0 N–H and O–H groups in total. The molecule has 0 atom stereocenters. The van der Waals surface area contributed by atoms with Gasteiger partial charge in [-0.3, -0.25) is 0 Å². The standard InChI is InChI=1S/C14H14N2S3/c1-16-11(6-7-15)4-5-12(16)14(18-9-10-19-14)13-3-2-8-17-13/h2-5,8H,6,9-10H2,1H3. The molecule has 0 spiro atoms. The first-order valence-corrected chi connectivity index (χ1v) is 8.97. The molecule has 0 unspecified atom stereocenters. The van der Waals surface area contributed by atoms with Crippen LogP contribution in [-0.2, 0) is 17.5 Å². The summed E-state index contributed by atoms with van der Waals surface area (Å²) in [5.41, 5.74) is 2.41. The van der Waals surface area contributed by atoms with Gasteiger partial charge in [0.1, 0.15) is 4.08 Å². The highest BCUT2D eigenvalue weighted by Crippen LogP contribution is 2.57. The molecule has 1 saturated heterocycles. The van der Waals surface area contributed by atoms with Crippen molar-refractivity contribution in [2.45, 2.75) is 10.5 Å². The predicted octanol–water partition coefficient (Wildman–Crippen LogP) is 3.83. The monoisotopic (exact) mass is 306 g/mol. The zero-order valence-corrected chi connectivity index (χ0v) is 13.1. The highest BCUT2D eigenvalue weighted by atomic mass is 32.2. The van der Waals surface area contributed by atoms with Crippen molar-refractivity contribution in [1.82, 2.24) is 4.57 Å². The highest BCUT2D eigenvalue weighted by molar-refractivity contribution is 8.21. The molecule has 2 aromatic heterocycles. The van der Waals surface area contributed by atoms with E-state index in [4.69, 9.17) is 5.26 Å². The zero-order chi connectivity index (χ0) is 13.3. The molecule has 98 valence electrons. The Morgan fingerprint density at radius 2 is 2.11 bits per heavy atom. The lowest BCUT2D eigenvalue weighted by Crippen LogP contribution is -2.19. The number of thioether (sulfide) groups is 2. The number of thiophene rings is 1. The number of nitriles is 1. The van der Waals surface area contributed by atoms with Crippen LogP contribution in [0.4, 0.5) is 0 Å². The van der Waals surface area contributed by atoms with Crippen LogP contribution in [0.1, 0.15) is 16.3 Å². The predicted molar refractivity (Wildman–Crippen MR) is 84.7 cm³/mol. The molecular formula is C14H14N2S3. The van der Waals surface area contributed by atoms with Gasteiger partial charge in [-0.1, -0.05) is 6.07 Å². The van der Waals surface area contributed by atoms with Gasteiger partial charge in [0, 0.05) is 34.8 Å². The molecule has 19 heavy (non-hydrogen) atoms. The molecule has 3 heterocycles. The lowest BCUT2D eigenvalue weighted by atomic mass is 10.2. The molecular weight excluding hydrogens is 292 g/mol. The van der Waals surface area contributed by atoms with Crippen molar-refractivity contribution < 1.29 is 0 Å². The molecule has 2 nitrogen and oxygen atoms in total. The Morgan fingerprint density at radius 1 is 1.32 bits per heavy atom. The summed E-state index contributed by atoms with van der Waals surface area (Å²) in [4.78, 5) is 1.41. The average molecular weight is 306 g/mol. The van der Waals surface area contributed by atoms with E-state index in [1.54, 1.807) is 0 Å². The Hall–Kier alpha value is -0.830. The summed E-state index contributed by atoms with van der Waals surface area (Å²) in [7, 11) is 2.08. The maximum atomic E-state index is 8.90. The van der Waals surface area contributed by atoms with Gasteiger partial charge in [-0.2, -0.15) is 5.26 Å². The van der Waals surface area contributed by atoms with Crippen LogP contribution in [0.5, 0.6) is 0 Å². The molecule has 1 fully saturated rings. The molecule has 1 aliphatic heterocycles. The van der Waals surface area contributed by atoms with E-state index in [9.17, 15) is 0 Å². The first kappa shape index (κ1) is 13.2. The van der Waals surface area contributed by atoms with Crippen LogP contribution >= 0.6 is 34.9 Å². The molecule has 5 heteroatoms. The maximum Gasteiger partial charge on any atom is 0.135 e. The van der Waals surface area contributed by atoms with Crippen molar-refractivity contribution in [2.75, 3.05) is 11.5 Å². The summed E-state index contributed by atoms with van der Waals surface area (Å²) in [5, 5.41) is 11.0. The summed E-state index contributed by atoms with van der Waals surface area (Å²) in [6.07, 6.45) is 0.479. The van der Waals surface area contributed by atoms with Crippen LogP contribution < -0.4 is 0 Å². The van der Waals surface area contributed by atoms with Gasteiger partial charge in [0.05, 0.1) is 12.5 Å². The Balaban J connectivity index is 2.09. The third-order valence-electron chi connectivity index (χ3n) is 3.36. The summed E-state index contributed by atoms with van der Waals surface area (Å²) in [6, 6.07) is 10.9. The summed E-state index contributed by atoms with van der Waals surface area (Å²) in [6.45, 7) is 0. The molecule has 0 saturated carbocycles. The van der Waals surface area contributed by atoms with E-state index in [1.807, 2.05) is 34.9 Å². The highest BCUT2D eigenvalue weighted by Gasteiger charge is 2.42.